The quantitative estimate of drug-likeness (QED) is 0.605. The molecule has 1 aromatic carbocycles. The Balaban J connectivity index is 1.48. The molecule has 2 aromatic heterocycles. The number of aromatic amines is 1. The third-order valence-electron chi connectivity index (χ3n) is 6.11. The van der Waals surface area contributed by atoms with Crippen LogP contribution in [0.4, 0.5) is 5.82 Å². The molecular weight excluding hydrogens is 416 g/mol. The van der Waals surface area contributed by atoms with Gasteiger partial charge in [0.2, 0.25) is 11.8 Å². The highest BCUT2D eigenvalue weighted by atomic mass is 16.2. The number of rotatable bonds is 6. The number of anilines is 1. The van der Waals surface area contributed by atoms with Crippen molar-refractivity contribution in [2.75, 3.05) is 31.1 Å². The molecule has 2 N–H and O–H groups in total. The average molecular weight is 449 g/mol. The van der Waals surface area contributed by atoms with Crippen LogP contribution in [0.3, 0.4) is 0 Å². The van der Waals surface area contributed by atoms with Gasteiger partial charge in [-0.1, -0.05) is 32.0 Å². The van der Waals surface area contributed by atoms with Crippen LogP contribution < -0.4 is 10.2 Å². The van der Waals surface area contributed by atoms with Gasteiger partial charge in [0.15, 0.2) is 0 Å². The summed E-state index contributed by atoms with van der Waals surface area (Å²) in [6.07, 6.45) is 2.38. The molecule has 0 spiro atoms. The van der Waals surface area contributed by atoms with Crippen LogP contribution in [0.1, 0.15) is 30.9 Å². The highest BCUT2D eigenvalue weighted by Crippen LogP contribution is 2.21. The summed E-state index contributed by atoms with van der Waals surface area (Å²) >= 11 is 0. The number of benzene rings is 1. The number of aryl methyl sites for hydroxylation is 2. The summed E-state index contributed by atoms with van der Waals surface area (Å²) in [6.45, 7) is 10.1. The van der Waals surface area contributed by atoms with Crippen LogP contribution in [0.15, 0.2) is 36.5 Å². The normalized spacial score (nSPS) is 15.2. The van der Waals surface area contributed by atoms with E-state index in [1.54, 1.807) is 0 Å². The van der Waals surface area contributed by atoms with Gasteiger partial charge in [0.05, 0.1) is 0 Å². The molecule has 174 valence electrons. The molecule has 0 saturated carbocycles. The van der Waals surface area contributed by atoms with E-state index in [1.165, 1.54) is 0 Å². The summed E-state index contributed by atoms with van der Waals surface area (Å²) in [6, 6.07) is 9.39. The average Bonchev–Trinajstić information content (AvgIpc) is 3.20. The fourth-order valence-corrected chi connectivity index (χ4v) is 4.29. The Labute approximate surface area is 194 Å². The Morgan fingerprint density at radius 2 is 1.82 bits per heavy atom. The molecule has 8 nitrogen and oxygen atoms in total. The molecule has 1 aliphatic heterocycles. The van der Waals surface area contributed by atoms with Crippen molar-refractivity contribution < 1.29 is 9.59 Å². The van der Waals surface area contributed by atoms with E-state index in [-0.39, 0.29) is 17.7 Å². The van der Waals surface area contributed by atoms with E-state index in [0.29, 0.717) is 32.6 Å². The molecule has 0 bridgehead atoms. The van der Waals surface area contributed by atoms with E-state index >= 15 is 0 Å². The van der Waals surface area contributed by atoms with Crippen molar-refractivity contribution in [3.8, 4) is 0 Å². The number of hydrogen-bond acceptors (Lipinski definition) is 5. The Morgan fingerprint density at radius 3 is 2.52 bits per heavy atom. The Hall–Kier alpha value is -3.42. The van der Waals surface area contributed by atoms with Crippen molar-refractivity contribution >= 4 is 28.5 Å². The highest BCUT2D eigenvalue weighted by molar-refractivity contribution is 5.90. The van der Waals surface area contributed by atoms with Crippen molar-refractivity contribution in [2.45, 2.75) is 40.2 Å². The lowest BCUT2D eigenvalue weighted by atomic mass is 10.0. The van der Waals surface area contributed by atoms with Gasteiger partial charge in [-0.2, -0.15) is 0 Å². The summed E-state index contributed by atoms with van der Waals surface area (Å²) < 4.78 is 0. The minimum Gasteiger partial charge on any atom is -0.361 e. The van der Waals surface area contributed by atoms with Gasteiger partial charge in [-0.3, -0.25) is 9.59 Å². The lowest BCUT2D eigenvalue weighted by Crippen LogP contribution is -2.56. The van der Waals surface area contributed by atoms with Gasteiger partial charge in [-0.15, -0.1) is 0 Å². The molecule has 3 aromatic rings. The predicted molar refractivity (Wildman–Crippen MR) is 129 cm³/mol. The molecule has 33 heavy (non-hydrogen) atoms. The Kier molecular flexibility index (Phi) is 6.62. The number of hydrogen-bond donors (Lipinski definition) is 2. The van der Waals surface area contributed by atoms with Gasteiger partial charge in [0.25, 0.3) is 0 Å². The fourth-order valence-electron chi connectivity index (χ4n) is 4.29. The van der Waals surface area contributed by atoms with Crippen LogP contribution in [0.2, 0.25) is 0 Å². The SMILES string of the molecule is Cc1cc(N2CCN(C(=O)C(Cc3c[nH]c4ccccc34)NC(=O)C(C)C)CC2)nc(C)n1. The second kappa shape index (κ2) is 9.60. The first-order valence-electron chi connectivity index (χ1n) is 11.5. The zero-order valence-corrected chi connectivity index (χ0v) is 19.8. The first-order valence-corrected chi connectivity index (χ1v) is 11.5. The van der Waals surface area contributed by atoms with Gasteiger partial charge in [0.1, 0.15) is 17.7 Å². The van der Waals surface area contributed by atoms with Gasteiger partial charge in [0, 0.05) is 67.4 Å². The topological polar surface area (TPSA) is 94.2 Å². The minimum absolute atomic E-state index is 0.0380. The lowest BCUT2D eigenvalue weighted by Gasteiger charge is -2.37. The maximum absolute atomic E-state index is 13.5. The van der Waals surface area contributed by atoms with Crippen molar-refractivity contribution in [3.05, 3.63) is 53.6 Å². The number of H-pyrrole nitrogens is 1. The van der Waals surface area contributed by atoms with Gasteiger partial charge >= 0.3 is 0 Å². The Bertz CT molecular complexity index is 1130. The van der Waals surface area contributed by atoms with Gasteiger partial charge < -0.3 is 20.1 Å². The van der Waals surface area contributed by atoms with E-state index in [0.717, 1.165) is 33.8 Å². The third-order valence-corrected chi connectivity index (χ3v) is 6.11. The van der Waals surface area contributed by atoms with Crippen LogP contribution in [-0.2, 0) is 16.0 Å². The van der Waals surface area contributed by atoms with E-state index in [9.17, 15) is 9.59 Å². The first-order chi connectivity index (χ1) is 15.8. The van der Waals surface area contributed by atoms with Crippen molar-refractivity contribution in [1.82, 2.24) is 25.2 Å². The number of aromatic nitrogens is 3. The number of carbonyl (C=O) groups excluding carboxylic acids is 2. The van der Waals surface area contributed by atoms with Crippen LogP contribution >= 0.6 is 0 Å². The molecule has 1 aliphatic rings. The largest absolute Gasteiger partial charge is 0.361 e. The fraction of sp³-hybridized carbons (Fsp3) is 0.440. The number of nitrogens with one attached hydrogen (secondary N) is 2. The number of fused-ring (bicyclic) bond motifs is 1. The highest BCUT2D eigenvalue weighted by Gasteiger charge is 2.30. The molecule has 8 heteroatoms. The van der Waals surface area contributed by atoms with Crippen LogP contribution in [0, 0.1) is 19.8 Å². The Morgan fingerprint density at radius 1 is 1.09 bits per heavy atom. The standard InChI is InChI=1S/C25H32N6O2/c1-16(2)24(32)29-22(14-19-15-26-21-8-6-5-7-20(19)21)25(33)31-11-9-30(10-12-31)23-13-17(3)27-18(4)28-23/h5-8,13,15-16,22,26H,9-12,14H2,1-4H3,(H,29,32). The summed E-state index contributed by atoms with van der Waals surface area (Å²) in [7, 11) is 0. The minimum atomic E-state index is -0.603. The van der Waals surface area contributed by atoms with Gasteiger partial charge in [-0.25, -0.2) is 9.97 Å². The second-order valence-electron chi connectivity index (χ2n) is 9.01. The van der Waals surface area contributed by atoms with Gasteiger partial charge in [-0.05, 0) is 25.5 Å². The van der Waals surface area contributed by atoms with Crippen molar-refractivity contribution in [3.63, 3.8) is 0 Å². The third kappa shape index (κ3) is 5.16. The van der Waals surface area contributed by atoms with Crippen molar-refractivity contribution in [2.24, 2.45) is 5.92 Å². The molecule has 0 radical (unpaired) electrons. The molecule has 0 aliphatic carbocycles. The number of piperazine rings is 1. The number of nitrogens with zero attached hydrogens (tertiary/aromatic N) is 4. The zero-order chi connectivity index (χ0) is 23.5. The van der Waals surface area contributed by atoms with Crippen LogP contribution in [-0.4, -0.2) is 63.9 Å². The van der Waals surface area contributed by atoms with Crippen LogP contribution in [0.25, 0.3) is 10.9 Å². The molecule has 1 unspecified atom stereocenters. The van der Waals surface area contributed by atoms with E-state index in [1.807, 2.05) is 69.1 Å². The maximum Gasteiger partial charge on any atom is 0.245 e. The summed E-state index contributed by atoms with van der Waals surface area (Å²) in [5, 5.41) is 4.07. The van der Waals surface area contributed by atoms with E-state index in [4.69, 9.17) is 0 Å². The summed E-state index contributed by atoms with van der Waals surface area (Å²) in [5.41, 5.74) is 2.99. The first kappa shape index (κ1) is 22.8. The number of carbonyl (C=O) groups is 2. The number of amides is 2. The smallest absolute Gasteiger partial charge is 0.245 e. The number of para-hydroxylation sites is 1. The molecule has 2 amide bonds. The lowest BCUT2D eigenvalue weighted by molar-refractivity contribution is -0.137. The van der Waals surface area contributed by atoms with Crippen LogP contribution in [0.5, 0.6) is 0 Å². The maximum atomic E-state index is 13.5. The molecule has 1 saturated heterocycles. The van der Waals surface area contributed by atoms with Crippen molar-refractivity contribution in [1.29, 1.82) is 0 Å². The predicted octanol–water partition coefficient (Wildman–Crippen LogP) is 2.61. The van der Waals surface area contributed by atoms with E-state index in [2.05, 4.69) is 25.2 Å². The van der Waals surface area contributed by atoms with E-state index < -0.39 is 6.04 Å². The zero-order valence-electron chi connectivity index (χ0n) is 19.8. The molecule has 1 atom stereocenters. The molecule has 4 rings (SSSR count). The molecule has 3 heterocycles. The summed E-state index contributed by atoms with van der Waals surface area (Å²) in [5.74, 6) is 1.31. The molecular formula is C25H32N6O2. The summed E-state index contributed by atoms with van der Waals surface area (Å²) in [4.78, 5) is 42.3. The second-order valence-corrected chi connectivity index (χ2v) is 9.01. The molecule has 1 fully saturated rings. The monoisotopic (exact) mass is 448 g/mol.